The molecule has 0 fully saturated rings. The van der Waals surface area contributed by atoms with Gasteiger partial charge in [0.15, 0.2) is 22.8 Å². The second-order valence-corrected chi connectivity index (χ2v) is 5.25. The molecule has 2 aromatic heterocycles. The van der Waals surface area contributed by atoms with Gasteiger partial charge in [0.05, 0.1) is 11.9 Å². The van der Waals surface area contributed by atoms with Crippen LogP contribution in [-0.2, 0) is 6.18 Å². The second kappa shape index (κ2) is 5.10. The molecular weight excluding hydrogens is 341 g/mol. The van der Waals surface area contributed by atoms with Gasteiger partial charge in [-0.3, -0.25) is 4.79 Å². The molecule has 1 aliphatic rings. The van der Waals surface area contributed by atoms with Gasteiger partial charge in [0, 0.05) is 5.56 Å². The van der Waals surface area contributed by atoms with Gasteiger partial charge in [0.25, 0.3) is 5.91 Å². The zero-order valence-corrected chi connectivity index (χ0v) is 12.4. The van der Waals surface area contributed by atoms with Gasteiger partial charge in [-0.2, -0.15) is 18.3 Å². The Morgan fingerprint density at radius 1 is 1.20 bits per heavy atom. The van der Waals surface area contributed by atoms with E-state index in [2.05, 4.69) is 10.1 Å². The number of amides is 1. The van der Waals surface area contributed by atoms with Crippen LogP contribution < -0.4 is 15.2 Å². The van der Waals surface area contributed by atoms with Gasteiger partial charge < -0.3 is 15.2 Å². The summed E-state index contributed by atoms with van der Waals surface area (Å²) in [7, 11) is 0. The molecule has 1 aliphatic heterocycles. The van der Waals surface area contributed by atoms with Crippen molar-refractivity contribution in [3.63, 3.8) is 0 Å². The van der Waals surface area contributed by atoms with Crippen LogP contribution in [0.5, 0.6) is 11.5 Å². The minimum Gasteiger partial charge on any atom is -0.454 e. The molecular formula is C15H9F3N4O3. The summed E-state index contributed by atoms with van der Waals surface area (Å²) in [5, 5.41) is 3.59. The van der Waals surface area contributed by atoms with E-state index in [1.54, 1.807) is 12.1 Å². The van der Waals surface area contributed by atoms with Crippen LogP contribution in [0.1, 0.15) is 16.1 Å². The lowest BCUT2D eigenvalue weighted by Crippen LogP contribution is -2.15. The van der Waals surface area contributed by atoms with E-state index in [0.29, 0.717) is 21.6 Å². The summed E-state index contributed by atoms with van der Waals surface area (Å²) in [6, 6.07) is 5.49. The number of nitrogens with two attached hydrogens (primary N) is 1. The molecule has 128 valence electrons. The van der Waals surface area contributed by atoms with Crippen LogP contribution in [0.15, 0.2) is 30.5 Å². The van der Waals surface area contributed by atoms with Crippen LogP contribution in [-0.4, -0.2) is 27.3 Å². The average molecular weight is 350 g/mol. The van der Waals surface area contributed by atoms with Crippen molar-refractivity contribution in [3.05, 3.63) is 41.7 Å². The molecule has 0 atom stereocenters. The summed E-state index contributed by atoms with van der Waals surface area (Å²) < 4.78 is 51.1. The molecule has 0 spiro atoms. The highest BCUT2D eigenvalue weighted by atomic mass is 19.4. The number of carbonyl (C=O) groups excluding carboxylic acids is 1. The topological polar surface area (TPSA) is 91.7 Å². The Kier molecular flexibility index (Phi) is 3.11. The third kappa shape index (κ3) is 2.42. The summed E-state index contributed by atoms with van der Waals surface area (Å²) in [4.78, 5) is 15.6. The van der Waals surface area contributed by atoms with E-state index in [1.807, 2.05) is 0 Å². The summed E-state index contributed by atoms with van der Waals surface area (Å²) in [5.74, 6) is -0.0297. The molecule has 4 rings (SSSR count). The molecule has 1 amide bonds. The third-order valence-corrected chi connectivity index (χ3v) is 3.70. The van der Waals surface area contributed by atoms with Crippen LogP contribution in [0.3, 0.4) is 0 Å². The fourth-order valence-electron chi connectivity index (χ4n) is 2.54. The van der Waals surface area contributed by atoms with Crippen LogP contribution in [0.4, 0.5) is 13.2 Å². The van der Waals surface area contributed by atoms with Gasteiger partial charge in [-0.15, -0.1) is 0 Å². The lowest BCUT2D eigenvalue weighted by Gasteiger charge is -2.11. The van der Waals surface area contributed by atoms with Crippen LogP contribution >= 0.6 is 0 Å². The molecule has 0 unspecified atom stereocenters. The fourth-order valence-corrected chi connectivity index (χ4v) is 2.54. The lowest BCUT2D eigenvalue weighted by molar-refractivity contribution is -0.142. The number of nitrogens with zero attached hydrogens (tertiary/aromatic N) is 3. The van der Waals surface area contributed by atoms with Gasteiger partial charge in [-0.05, 0) is 24.3 Å². The van der Waals surface area contributed by atoms with Crippen molar-refractivity contribution in [1.29, 1.82) is 0 Å². The van der Waals surface area contributed by atoms with Gasteiger partial charge in [0.2, 0.25) is 6.79 Å². The Morgan fingerprint density at radius 3 is 2.68 bits per heavy atom. The second-order valence-electron chi connectivity index (χ2n) is 5.25. The minimum atomic E-state index is -4.70. The van der Waals surface area contributed by atoms with Crippen LogP contribution in [0.2, 0.25) is 0 Å². The number of hydrogen-bond donors (Lipinski definition) is 1. The van der Waals surface area contributed by atoms with Crippen molar-refractivity contribution in [3.8, 4) is 22.8 Å². The Hall–Kier alpha value is -3.30. The Bertz CT molecular complexity index is 1010. The molecule has 2 N–H and O–H groups in total. The molecule has 7 nitrogen and oxygen atoms in total. The minimum absolute atomic E-state index is 0.00104. The SMILES string of the molecule is NC(=O)c1cnn2c(C(F)(F)F)cc(-c3ccc4c(c3)OCO4)nc12. The number of hydrogen-bond acceptors (Lipinski definition) is 5. The number of carbonyl (C=O) groups is 1. The molecule has 0 radical (unpaired) electrons. The number of ether oxygens (including phenoxy) is 2. The van der Waals surface area contributed by atoms with E-state index in [0.717, 1.165) is 12.3 Å². The summed E-state index contributed by atoms with van der Waals surface area (Å²) in [5.41, 5.74) is 4.03. The number of fused-ring (bicyclic) bond motifs is 2. The molecule has 0 saturated carbocycles. The standard InChI is InChI=1S/C15H9F3N4O3/c16-15(17,18)12-4-9(7-1-2-10-11(3-7)25-6-24-10)21-14-8(13(19)23)5-20-22(12)14/h1-5H,6H2,(H2,19,23). The monoisotopic (exact) mass is 350 g/mol. The van der Waals surface area contributed by atoms with Crippen LogP contribution in [0, 0.1) is 0 Å². The van der Waals surface area contributed by atoms with Gasteiger partial charge in [0.1, 0.15) is 5.56 Å². The smallest absolute Gasteiger partial charge is 0.433 e. The van der Waals surface area contributed by atoms with E-state index >= 15 is 0 Å². The zero-order chi connectivity index (χ0) is 17.8. The highest BCUT2D eigenvalue weighted by molar-refractivity contribution is 5.98. The van der Waals surface area contributed by atoms with Gasteiger partial charge in [-0.25, -0.2) is 9.50 Å². The first-order valence-corrected chi connectivity index (χ1v) is 7.00. The van der Waals surface area contributed by atoms with Crippen molar-refractivity contribution in [2.24, 2.45) is 5.73 Å². The van der Waals surface area contributed by atoms with Crippen molar-refractivity contribution in [2.75, 3.05) is 6.79 Å². The molecule has 1 aromatic carbocycles. The Balaban J connectivity index is 1.98. The lowest BCUT2D eigenvalue weighted by atomic mass is 10.1. The molecule has 0 bridgehead atoms. The highest BCUT2D eigenvalue weighted by Crippen LogP contribution is 2.37. The molecule has 10 heteroatoms. The largest absolute Gasteiger partial charge is 0.454 e. The molecule has 3 aromatic rings. The third-order valence-electron chi connectivity index (χ3n) is 3.70. The number of alkyl halides is 3. The van der Waals surface area contributed by atoms with E-state index < -0.39 is 17.8 Å². The van der Waals surface area contributed by atoms with Crippen LogP contribution in [0.25, 0.3) is 16.9 Å². The summed E-state index contributed by atoms with van der Waals surface area (Å²) in [6.07, 6.45) is -3.74. The first-order chi connectivity index (χ1) is 11.8. The van der Waals surface area contributed by atoms with E-state index in [-0.39, 0.29) is 23.7 Å². The van der Waals surface area contributed by atoms with Crippen molar-refractivity contribution in [2.45, 2.75) is 6.18 Å². The van der Waals surface area contributed by atoms with E-state index in [1.165, 1.54) is 6.07 Å². The Morgan fingerprint density at radius 2 is 1.96 bits per heavy atom. The molecule has 25 heavy (non-hydrogen) atoms. The fraction of sp³-hybridized carbons (Fsp3) is 0.133. The quantitative estimate of drug-likeness (QED) is 0.765. The molecule has 0 saturated heterocycles. The maximum Gasteiger partial charge on any atom is 0.433 e. The first kappa shape index (κ1) is 15.2. The number of rotatable bonds is 2. The number of aromatic nitrogens is 3. The van der Waals surface area contributed by atoms with Crippen molar-refractivity contribution >= 4 is 11.6 Å². The Labute approximate surface area is 137 Å². The maximum absolute atomic E-state index is 13.4. The molecule has 0 aliphatic carbocycles. The first-order valence-electron chi connectivity index (χ1n) is 7.00. The number of primary amides is 1. The number of halogens is 3. The average Bonchev–Trinajstić information content (AvgIpc) is 3.18. The van der Waals surface area contributed by atoms with Gasteiger partial charge >= 0.3 is 6.18 Å². The predicted octanol–water partition coefficient (Wildman–Crippen LogP) is 2.24. The zero-order valence-electron chi connectivity index (χ0n) is 12.4. The molecule has 3 heterocycles. The van der Waals surface area contributed by atoms with E-state index in [4.69, 9.17) is 15.2 Å². The normalized spacial score (nSPS) is 13.4. The van der Waals surface area contributed by atoms with Gasteiger partial charge in [-0.1, -0.05) is 0 Å². The predicted molar refractivity (Wildman–Crippen MR) is 78.1 cm³/mol. The highest BCUT2D eigenvalue weighted by Gasteiger charge is 2.36. The number of benzene rings is 1. The summed E-state index contributed by atoms with van der Waals surface area (Å²) in [6.45, 7) is 0.0352. The maximum atomic E-state index is 13.4. The summed E-state index contributed by atoms with van der Waals surface area (Å²) >= 11 is 0. The van der Waals surface area contributed by atoms with Crippen molar-refractivity contribution in [1.82, 2.24) is 14.6 Å². The van der Waals surface area contributed by atoms with Crippen molar-refractivity contribution < 1.29 is 27.4 Å². The van der Waals surface area contributed by atoms with E-state index in [9.17, 15) is 18.0 Å².